The number of para-hydroxylation sites is 1. The largest absolute Gasteiger partial charge is 0.509 e. The van der Waals surface area contributed by atoms with Crippen LogP contribution in [0.3, 0.4) is 0 Å². The molecule has 0 saturated heterocycles. The van der Waals surface area contributed by atoms with Crippen LogP contribution in [0.2, 0.25) is 0 Å². The quantitative estimate of drug-likeness (QED) is 0.128. The van der Waals surface area contributed by atoms with Gasteiger partial charge in [-0.2, -0.15) is 0 Å². The fourth-order valence-corrected chi connectivity index (χ4v) is 10.8. The van der Waals surface area contributed by atoms with Crippen molar-refractivity contribution in [1.82, 2.24) is 9.55 Å². The number of aromatic nitrogens is 2. The molecule has 0 radical (unpaired) electrons. The summed E-state index contributed by atoms with van der Waals surface area (Å²) in [6.45, 7) is 36.5. The first-order valence-corrected chi connectivity index (χ1v) is 26.6. The second kappa shape index (κ2) is 19.9. The van der Waals surface area contributed by atoms with Crippen molar-refractivity contribution in [3.05, 3.63) is 210 Å². The van der Waals surface area contributed by atoms with Gasteiger partial charge < -0.3 is 19.1 Å². The molecule has 10 rings (SSSR count). The van der Waals surface area contributed by atoms with Crippen molar-refractivity contribution in [2.24, 2.45) is 0 Å². The van der Waals surface area contributed by atoms with E-state index in [9.17, 15) is 0 Å². The van der Waals surface area contributed by atoms with E-state index in [1.165, 1.54) is 38.9 Å². The standard InChI is InChI=1S/C69H73N4O.Pt/c1-44(2)55-28-22-29-56(45(3)4)64(55)46-35-52(72-43-71(51-26-21-25-48(37-51)66(5,6)7)61-38-49(67(8,9)10)31-32-60(61)72)40-53(36-46)74-54-41-58(69(14,15)47-23-17-16-18-24-47)65-57-27-19-20-30-59(57)73(62(65)42-54)63-39-50(33-34-70-63)68(11,12)13;/h16-39,41,43-45H,1-15H3;/q-3;. The third kappa shape index (κ3) is 10.1. The molecule has 0 saturated carbocycles. The van der Waals surface area contributed by atoms with Crippen LogP contribution in [0.5, 0.6) is 11.5 Å². The number of fused-ring (bicyclic) bond motifs is 4. The van der Waals surface area contributed by atoms with Gasteiger partial charge in [-0.05, 0) is 120 Å². The molecule has 0 spiro atoms. The average molecular weight is 1170 g/mol. The first kappa shape index (κ1) is 53.4. The molecular formula is C69H73N4OPt-3. The first-order valence-electron chi connectivity index (χ1n) is 26.6. The van der Waals surface area contributed by atoms with E-state index in [0.29, 0.717) is 11.5 Å². The van der Waals surface area contributed by atoms with Gasteiger partial charge in [0, 0.05) is 61.3 Å². The molecule has 75 heavy (non-hydrogen) atoms. The molecule has 0 unspecified atom stereocenters. The topological polar surface area (TPSA) is 33.5 Å². The van der Waals surface area contributed by atoms with Crippen LogP contribution in [0.15, 0.2) is 152 Å². The predicted molar refractivity (Wildman–Crippen MR) is 313 cm³/mol. The Bertz CT molecular complexity index is 3540. The van der Waals surface area contributed by atoms with Crippen LogP contribution in [-0.2, 0) is 42.7 Å². The van der Waals surface area contributed by atoms with Gasteiger partial charge in [-0.15, -0.1) is 53.8 Å². The van der Waals surface area contributed by atoms with Crippen molar-refractivity contribution in [2.45, 2.75) is 137 Å². The van der Waals surface area contributed by atoms with Gasteiger partial charge >= 0.3 is 0 Å². The number of nitrogens with zero attached hydrogens (tertiary/aromatic N) is 4. The predicted octanol–water partition coefficient (Wildman–Crippen LogP) is 19.1. The van der Waals surface area contributed by atoms with Gasteiger partial charge in [0.05, 0.1) is 0 Å². The maximum atomic E-state index is 7.40. The third-order valence-corrected chi connectivity index (χ3v) is 15.2. The maximum absolute atomic E-state index is 7.40. The van der Waals surface area contributed by atoms with Gasteiger partial charge in [0.15, 0.2) is 0 Å². The minimum Gasteiger partial charge on any atom is -0.509 e. The van der Waals surface area contributed by atoms with Crippen LogP contribution in [-0.4, -0.2) is 9.55 Å². The molecule has 388 valence electrons. The van der Waals surface area contributed by atoms with E-state index in [4.69, 9.17) is 9.72 Å². The van der Waals surface area contributed by atoms with Crippen LogP contribution in [0.1, 0.15) is 155 Å². The summed E-state index contributed by atoms with van der Waals surface area (Å²) in [5, 5.41) is 2.27. The van der Waals surface area contributed by atoms with Crippen LogP contribution in [0.4, 0.5) is 22.7 Å². The number of hydrogen-bond acceptors (Lipinski definition) is 4. The van der Waals surface area contributed by atoms with E-state index in [2.05, 4.69) is 283 Å². The molecule has 0 atom stereocenters. The van der Waals surface area contributed by atoms with Crippen molar-refractivity contribution in [3.63, 3.8) is 0 Å². The summed E-state index contributed by atoms with van der Waals surface area (Å²) in [6.07, 6.45) is 1.94. The minimum absolute atomic E-state index is 0. The van der Waals surface area contributed by atoms with E-state index in [-0.39, 0.29) is 49.1 Å². The summed E-state index contributed by atoms with van der Waals surface area (Å²) in [5.74, 6) is 2.63. The number of pyridine rings is 1. The van der Waals surface area contributed by atoms with Gasteiger partial charge in [0.25, 0.3) is 0 Å². The number of benzene rings is 7. The molecule has 0 N–H and O–H groups in total. The number of hydrogen-bond donors (Lipinski definition) is 0. The number of rotatable bonds is 10. The summed E-state index contributed by atoms with van der Waals surface area (Å²) >= 11 is 0. The molecule has 3 heterocycles. The van der Waals surface area contributed by atoms with Gasteiger partial charge in [0.2, 0.25) is 0 Å². The van der Waals surface area contributed by atoms with Crippen LogP contribution >= 0.6 is 0 Å². The zero-order chi connectivity index (χ0) is 52.6. The Morgan fingerprint density at radius 2 is 1.13 bits per heavy atom. The summed E-state index contributed by atoms with van der Waals surface area (Å²) in [4.78, 5) is 9.72. The summed E-state index contributed by atoms with van der Waals surface area (Å²) in [6, 6.07) is 61.1. The number of anilines is 4. The van der Waals surface area contributed by atoms with E-state index >= 15 is 0 Å². The molecular weight excluding hydrogens is 1100 g/mol. The molecule has 6 heteroatoms. The minimum atomic E-state index is -0.435. The Kier molecular flexibility index (Phi) is 14.2. The molecule has 7 aromatic carbocycles. The monoisotopic (exact) mass is 1170 g/mol. The summed E-state index contributed by atoms with van der Waals surface area (Å²) in [7, 11) is 0. The Balaban J connectivity index is 0.00000689. The maximum Gasteiger partial charge on any atom is 0.135 e. The zero-order valence-electron chi connectivity index (χ0n) is 46.7. The van der Waals surface area contributed by atoms with Gasteiger partial charge in [-0.1, -0.05) is 200 Å². The fraction of sp³-hybridized carbons (Fsp3) is 0.304. The van der Waals surface area contributed by atoms with Gasteiger partial charge in [-0.3, -0.25) is 0 Å². The van der Waals surface area contributed by atoms with Gasteiger partial charge in [0.1, 0.15) is 5.82 Å². The van der Waals surface area contributed by atoms with Crippen LogP contribution in [0.25, 0.3) is 38.8 Å². The molecule has 2 aromatic heterocycles. The molecule has 1 aliphatic heterocycles. The van der Waals surface area contributed by atoms with Crippen molar-refractivity contribution in [1.29, 1.82) is 0 Å². The smallest absolute Gasteiger partial charge is 0.135 e. The molecule has 9 aromatic rings. The average Bonchev–Trinajstić information content (AvgIpc) is 3.91. The summed E-state index contributed by atoms with van der Waals surface area (Å²) < 4.78 is 9.68. The molecule has 5 nitrogen and oxygen atoms in total. The second-order valence-corrected chi connectivity index (χ2v) is 24.7. The van der Waals surface area contributed by atoms with Crippen molar-refractivity contribution in [3.8, 4) is 28.4 Å². The third-order valence-electron chi connectivity index (χ3n) is 15.2. The Morgan fingerprint density at radius 3 is 1.80 bits per heavy atom. The van der Waals surface area contributed by atoms with Gasteiger partial charge in [-0.25, -0.2) is 4.98 Å². The Hall–Kier alpha value is -6.42. The Labute approximate surface area is 462 Å². The molecule has 1 aliphatic rings. The Morgan fingerprint density at radius 1 is 0.533 bits per heavy atom. The van der Waals surface area contributed by atoms with Crippen LogP contribution in [0, 0.1) is 18.8 Å². The first-order chi connectivity index (χ1) is 35.0. The van der Waals surface area contributed by atoms with Crippen molar-refractivity contribution >= 4 is 44.6 Å². The zero-order valence-corrected chi connectivity index (χ0v) is 49.0. The van der Waals surface area contributed by atoms with Crippen LogP contribution < -0.4 is 14.5 Å². The van der Waals surface area contributed by atoms with E-state index in [1.807, 2.05) is 6.20 Å². The van der Waals surface area contributed by atoms with E-state index < -0.39 is 5.41 Å². The number of ether oxygens (including phenoxy) is 1. The van der Waals surface area contributed by atoms with Crippen molar-refractivity contribution < 1.29 is 25.8 Å². The van der Waals surface area contributed by atoms with E-state index in [0.717, 1.165) is 61.5 Å². The molecule has 0 amide bonds. The fourth-order valence-electron chi connectivity index (χ4n) is 10.8. The second-order valence-electron chi connectivity index (χ2n) is 24.7. The molecule has 0 aliphatic carbocycles. The van der Waals surface area contributed by atoms with Crippen molar-refractivity contribution in [2.75, 3.05) is 9.80 Å². The SMILES string of the molecule is CC(C)c1cccc(C(C)C)c1-c1cc(Oc2[c-]c3c(c(C(C)(C)c4ccccc4)c2)c2ccccc2n3-c2cc(C(C)(C)C)ccn2)[c-]c(N2[CH-]N(c3cccc(C(C)(C)C)c3)c3cc(C(C)(C)C)ccc32)c1.[Pt]. The normalized spacial score (nSPS) is 13.3. The summed E-state index contributed by atoms with van der Waals surface area (Å²) in [5.41, 5.74) is 16.6. The van der Waals surface area contributed by atoms with E-state index in [1.54, 1.807) is 0 Å². The molecule has 0 bridgehead atoms. The molecule has 0 fully saturated rings.